The highest BCUT2D eigenvalue weighted by molar-refractivity contribution is 6.34. The number of methoxy groups -OCH3 is 1. The van der Waals surface area contributed by atoms with Crippen LogP contribution in [0.2, 0.25) is 5.02 Å². The van der Waals surface area contributed by atoms with Crippen molar-refractivity contribution in [3.05, 3.63) is 28.8 Å². The van der Waals surface area contributed by atoms with Gasteiger partial charge in [0, 0.05) is 11.5 Å². The first-order valence-corrected chi connectivity index (χ1v) is 5.73. The Balaban J connectivity index is 3.01. The molecule has 2 nitrogen and oxygen atoms in total. The average Bonchev–Trinajstić information content (AvgIpc) is 2.26. The number of carbonyl (C=O) groups is 1. The number of halogens is 1. The second-order valence-electron chi connectivity index (χ2n) is 4.24. The molecule has 16 heavy (non-hydrogen) atoms. The fourth-order valence-electron chi connectivity index (χ4n) is 1.37. The molecule has 88 valence electrons. The molecule has 0 saturated carbocycles. The number of Topliss-reactive ketones (excluding diaryl/α,β-unsaturated/α-hetero) is 1. The van der Waals surface area contributed by atoms with Crippen molar-refractivity contribution in [1.82, 2.24) is 0 Å². The van der Waals surface area contributed by atoms with Gasteiger partial charge in [0.25, 0.3) is 0 Å². The zero-order valence-electron chi connectivity index (χ0n) is 10.1. The third-order valence-corrected chi connectivity index (χ3v) is 3.17. The van der Waals surface area contributed by atoms with Crippen LogP contribution in [0.5, 0.6) is 5.75 Å². The fraction of sp³-hybridized carbons (Fsp3) is 0.462. The topological polar surface area (TPSA) is 26.3 Å². The summed E-state index contributed by atoms with van der Waals surface area (Å²) in [6, 6.07) is 5.15. The summed E-state index contributed by atoms with van der Waals surface area (Å²) in [4.78, 5) is 12.1. The number of benzene rings is 1. The number of rotatable bonds is 4. The van der Waals surface area contributed by atoms with E-state index in [0.29, 0.717) is 22.3 Å². The van der Waals surface area contributed by atoms with Gasteiger partial charge in [0.15, 0.2) is 5.78 Å². The maximum absolute atomic E-state index is 12.1. The summed E-state index contributed by atoms with van der Waals surface area (Å²) in [6.45, 7) is 5.98. The van der Waals surface area contributed by atoms with E-state index in [9.17, 15) is 4.79 Å². The maximum Gasteiger partial charge on any atom is 0.167 e. The summed E-state index contributed by atoms with van der Waals surface area (Å²) in [7, 11) is 1.57. The van der Waals surface area contributed by atoms with Crippen molar-refractivity contribution in [2.45, 2.75) is 20.8 Å². The molecule has 0 saturated heterocycles. The van der Waals surface area contributed by atoms with Crippen LogP contribution in [0.25, 0.3) is 0 Å². The van der Waals surface area contributed by atoms with Crippen molar-refractivity contribution >= 4 is 17.4 Å². The second-order valence-corrected chi connectivity index (χ2v) is 4.65. The zero-order chi connectivity index (χ0) is 12.3. The van der Waals surface area contributed by atoms with Gasteiger partial charge in [-0.2, -0.15) is 0 Å². The molecule has 0 amide bonds. The molecule has 1 rings (SSSR count). The molecule has 0 fully saturated rings. The molecule has 1 aromatic carbocycles. The molecular weight excluding hydrogens is 224 g/mol. The minimum Gasteiger partial charge on any atom is -0.497 e. The van der Waals surface area contributed by atoms with Gasteiger partial charge < -0.3 is 4.74 Å². The molecule has 1 atom stereocenters. The Morgan fingerprint density at radius 3 is 2.38 bits per heavy atom. The summed E-state index contributed by atoms with van der Waals surface area (Å²) in [5, 5.41) is 0.455. The first kappa shape index (κ1) is 13.0. The van der Waals surface area contributed by atoms with Crippen LogP contribution in [-0.2, 0) is 0 Å². The molecule has 0 bridgehead atoms. The average molecular weight is 241 g/mol. The monoisotopic (exact) mass is 240 g/mol. The minimum absolute atomic E-state index is 0.0223. The van der Waals surface area contributed by atoms with Gasteiger partial charge in [0.05, 0.1) is 12.1 Å². The molecule has 3 heteroatoms. The van der Waals surface area contributed by atoms with Gasteiger partial charge in [-0.05, 0) is 24.1 Å². The van der Waals surface area contributed by atoms with E-state index in [-0.39, 0.29) is 11.7 Å². The smallest absolute Gasteiger partial charge is 0.167 e. The van der Waals surface area contributed by atoms with Crippen LogP contribution in [0, 0.1) is 11.8 Å². The Hall–Kier alpha value is -1.02. The van der Waals surface area contributed by atoms with Gasteiger partial charge in [0.2, 0.25) is 0 Å². The first-order chi connectivity index (χ1) is 7.47. The van der Waals surface area contributed by atoms with Crippen molar-refractivity contribution in [3.63, 3.8) is 0 Å². The Kier molecular flexibility index (Phi) is 4.36. The molecule has 0 radical (unpaired) electrons. The Bertz CT molecular complexity index is 386. The van der Waals surface area contributed by atoms with Crippen molar-refractivity contribution in [2.24, 2.45) is 11.8 Å². The van der Waals surface area contributed by atoms with E-state index in [1.165, 1.54) is 0 Å². The standard InChI is InChI=1S/C13H17ClO2/c1-8(2)9(3)13(15)11-6-5-10(16-4)7-12(11)14/h5-9H,1-4H3. The third-order valence-electron chi connectivity index (χ3n) is 2.86. The van der Waals surface area contributed by atoms with E-state index >= 15 is 0 Å². The van der Waals surface area contributed by atoms with E-state index in [4.69, 9.17) is 16.3 Å². The first-order valence-electron chi connectivity index (χ1n) is 5.35. The molecule has 0 heterocycles. The van der Waals surface area contributed by atoms with Crippen LogP contribution >= 0.6 is 11.6 Å². The highest BCUT2D eigenvalue weighted by atomic mass is 35.5. The van der Waals surface area contributed by atoms with E-state index in [2.05, 4.69) is 0 Å². The summed E-state index contributed by atoms with van der Waals surface area (Å²) in [5.74, 6) is 1.04. The molecule has 0 aliphatic carbocycles. The van der Waals surface area contributed by atoms with Crippen molar-refractivity contribution in [1.29, 1.82) is 0 Å². The Labute approximate surface area is 102 Å². The number of hydrogen-bond acceptors (Lipinski definition) is 2. The lowest BCUT2D eigenvalue weighted by Crippen LogP contribution is -2.17. The summed E-state index contributed by atoms with van der Waals surface area (Å²) in [6.07, 6.45) is 0. The number of hydrogen-bond donors (Lipinski definition) is 0. The molecule has 0 aliphatic heterocycles. The van der Waals surface area contributed by atoms with Crippen molar-refractivity contribution in [2.75, 3.05) is 7.11 Å². The Morgan fingerprint density at radius 2 is 1.94 bits per heavy atom. The van der Waals surface area contributed by atoms with Crippen LogP contribution in [0.3, 0.4) is 0 Å². The SMILES string of the molecule is COc1ccc(C(=O)C(C)C(C)C)c(Cl)c1. The van der Waals surface area contributed by atoms with Crippen LogP contribution < -0.4 is 4.74 Å². The van der Waals surface area contributed by atoms with Gasteiger partial charge in [-0.3, -0.25) is 4.79 Å². The van der Waals surface area contributed by atoms with Crippen LogP contribution in [0.15, 0.2) is 18.2 Å². The highest BCUT2D eigenvalue weighted by Gasteiger charge is 2.20. The van der Waals surface area contributed by atoms with Crippen LogP contribution in [0.4, 0.5) is 0 Å². The Morgan fingerprint density at radius 1 is 1.31 bits per heavy atom. The van der Waals surface area contributed by atoms with Crippen LogP contribution in [0.1, 0.15) is 31.1 Å². The van der Waals surface area contributed by atoms with Crippen LogP contribution in [-0.4, -0.2) is 12.9 Å². The molecule has 1 aromatic rings. The predicted molar refractivity (Wildman–Crippen MR) is 66.3 cm³/mol. The highest BCUT2D eigenvalue weighted by Crippen LogP contribution is 2.26. The predicted octanol–water partition coefficient (Wildman–Crippen LogP) is 3.82. The second kappa shape index (κ2) is 5.35. The number of ether oxygens (including phenoxy) is 1. The van der Waals surface area contributed by atoms with E-state index in [0.717, 1.165) is 0 Å². The maximum atomic E-state index is 12.1. The normalized spacial score (nSPS) is 12.6. The van der Waals surface area contributed by atoms with Crippen molar-refractivity contribution in [3.8, 4) is 5.75 Å². The zero-order valence-corrected chi connectivity index (χ0v) is 10.8. The van der Waals surface area contributed by atoms with Gasteiger partial charge in [-0.15, -0.1) is 0 Å². The van der Waals surface area contributed by atoms with E-state index in [1.54, 1.807) is 25.3 Å². The van der Waals surface area contributed by atoms with E-state index < -0.39 is 0 Å². The molecule has 0 N–H and O–H groups in total. The molecular formula is C13H17ClO2. The molecule has 0 aliphatic rings. The van der Waals surface area contributed by atoms with Gasteiger partial charge in [-0.25, -0.2) is 0 Å². The van der Waals surface area contributed by atoms with Gasteiger partial charge >= 0.3 is 0 Å². The summed E-state index contributed by atoms with van der Waals surface area (Å²) < 4.78 is 5.04. The fourth-order valence-corrected chi connectivity index (χ4v) is 1.63. The lowest BCUT2D eigenvalue weighted by Gasteiger charge is -2.15. The van der Waals surface area contributed by atoms with Crippen molar-refractivity contribution < 1.29 is 9.53 Å². The lowest BCUT2D eigenvalue weighted by molar-refractivity contribution is 0.0900. The minimum atomic E-state index is -0.0223. The van der Waals surface area contributed by atoms with Gasteiger partial charge in [-0.1, -0.05) is 32.4 Å². The third kappa shape index (κ3) is 2.76. The van der Waals surface area contributed by atoms with Gasteiger partial charge in [0.1, 0.15) is 5.75 Å². The quantitative estimate of drug-likeness (QED) is 0.748. The number of carbonyl (C=O) groups excluding carboxylic acids is 1. The largest absolute Gasteiger partial charge is 0.497 e. The summed E-state index contributed by atoms with van der Waals surface area (Å²) >= 11 is 6.05. The summed E-state index contributed by atoms with van der Waals surface area (Å²) in [5.41, 5.74) is 0.573. The molecule has 0 spiro atoms. The number of ketones is 1. The lowest BCUT2D eigenvalue weighted by atomic mass is 9.90. The van der Waals surface area contributed by atoms with E-state index in [1.807, 2.05) is 20.8 Å². The molecule has 0 aromatic heterocycles. The molecule has 1 unspecified atom stereocenters.